The fourth-order valence-corrected chi connectivity index (χ4v) is 1.64. The molecule has 0 aliphatic heterocycles. The molecule has 1 atom stereocenters. The molecule has 0 radical (unpaired) electrons. The van der Waals surface area contributed by atoms with Crippen LogP contribution in [0.25, 0.3) is 0 Å². The average Bonchev–Trinajstić information content (AvgIpc) is 2.76. The van der Waals surface area contributed by atoms with Crippen LogP contribution < -0.4 is 15.4 Å². The molecule has 0 fully saturated rings. The van der Waals surface area contributed by atoms with E-state index in [0.29, 0.717) is 5.88 Å². The molecule has 3 N–H and O–H groups in total. The molecule has 0 bridgehead atoms. The van der Waals surface area contributed by atoms with Crippen LogP contribution in [0, 0.1) is 0 Å². The summed E-state index contributed by atoms with van der Waals surface area (Å²) >= 11 is 1.04. The molecule has 8 heteroatoms. The Hall–Kier alpha value is -1.25. The number of rotatable bonds is 7. The summed E-state index contributed by atoms with van der Waals surface area (Å²) in [6.45, 7) is 6.28. The summed E-state index contributed by atoms with van der Waals surface area (Å²) in [7, 11) is 0. The van der Waals surface area contributed by atoms with Crippen LogP contribution in [0.15, 0.2) is 6.20 Å². The summed E-state index contributed by atoms with van der Waals surface area (Å²) in [5, 5.41) is 15.3. The van der Waals surface area contributed by atoms with Gasteiger partial charge in [-0.2, -0.15) is 4.37 Å². The van der Waals surface area contributed by atoms with E-state index in [1.165, 1.54) is 6.20 Å². The maximum Gasteiger partial charge on any atom is 0.245 e. The number of aliphatic hydroxyl groups excluding tert-OH is 1. The van der Waals surface area contributed by atoms with E-state index in [2.05, 4.69) is 19.4 Å². The van der Waals surface area contributed by atoms with Crippen LogP contribution in [-0.4, -0.2) is 51.1 Å². The molecule has 0 aromatic carbocycles. The zero-order chi connectivity index (χ0) is 14.3. The molecule has 0 saturated heterocycles. The predicted octanol–water partition coefficient (Wildman–Crippen LogP) is -0.218. The lowest BCUT2D eigenvalue weighted by atomic mass is 10.1. The Labute approximate surface area is 116 Å². The number of ether oxygens (including phenoxy) is 1. The zero-order valence-corrected chi connectivity index (χ0v) is 12.2. The van der Waals surface area contributed by atoms with Gasteiger partial charge in [-0.15, -0.1) is 4.37 Å². The van der Waals surface area contributed by atoms with Crippen molar-refractivity contribution in [3.8, 4) is 5.88 Å². The van der Waals surface area contributed by atoms with Crippen molar-refractivity contribution in [2.75, 3.05) is 19.7 Å². The van der Waals surface area contributed by atoms with Crippen molar-refractivity contribution in [2.24, 2.45) is 0 Å². The minimum absolute atomic E-state index is 0.107. The third-order valence-corrected chi connectivity index (χ3v) is 2.41. The largest absolute Gasteiger partial charge is 0.473 e. The van der Waals surface area contributed by atoms with Crippen LogP contribution in [0.4, 0.5) is 0 Å². The highest BCUT2D eigenvalue weighted by atomic mass is 32.1. The number of aliphatic hydroxyl groups is 1. The zero-order valence-electron chi connectivity index (χ0n) is 11.3. The summed E-state index contributed by atoms with van der Waals surface area (Å²) in [5.74, 6) is 0.291. The molecule has 1 unspecified atom stereocenters. The predicted molar refractivity (Wildman–Crippen MR) is 72.2 cm³/mol. The third-order valence-electron chi connectivity index (χ3n) is 1.94. The first-order valence-corrected chi connectivity index (χ1v) is 6.70. The number of nitrogens with zero attached hydrogens (tertiary/aromatic N) is 2. The molecular weight excluding hydrogens is 268 g/mol. The van der Waals surface area contributed by atoms with Crippen molar-refractivity contribution in [1.29, 1.82) is 0 Å². The van der Waals surface area contributed by atoms with Gasteiger partial charge in [0.1, 0.15) is 18.9 Å². The van der Waals surface area contributed by atoms with Gasteiger partial charge in [-0.3, -0.25) is 4.79 Å². The second-order valence-corrected chi connectivity index (χ2v) is 5.70. The fourth-order valence-electron chi connectivity index (χ4n) is 1.27. The van der Waals surface area contributed by atoms with Gasteiger partial charge in [0, 0.05) is 12.1 Å². The molecule has 1 aromatic heterocycles. The number of aromatic nitrogens is 2. The highest BCUT2D eigenvalue weighted by molar-refractivity contribution is 6.99. The number of hydrogen-bond donors (Lipinski definition) is 3. The Morgan fingerprint density at radius 2 is 2.32 bits per heavy atom. The second kappa shape index (κ2) is 7.37. The van der Waals surface area contributed by atoms with Crippen molar-refractivity contribution in [3.05, 3.63) is 6.20 Å². The van der Waals surface area contributed by atoms with Crippen LogP contribution in [-0.2, 0) is 4.79 Å². The molecule has 1 aromatic rings. The van der Waals surface area contributed by atoms with E-state index in [1.807, 2.05) is 20.8 Å². The summed E-state index contributed by atoms with van der Waals surface area (Å²) in [6.07, 6.45) is 0.783. The SMILES string of the molecule is CC(C)(C)NC(=O)CNCC(O)COc1cnsn1. The van der Waals surface area contributed by atoms with Gasteiger partial charge < -0.3 is 20.5 Å². The summed E-state index contributed by atoms with van der Waals surface area (Å²) in [4.78, 5) is 11.5. The number of carbonyl (C=O) groups excluding carboxylic acids is 1. The Balaban J connectivity index is 2.10. The van der Waals surface area contributed by atoms with Gasteiger partial charge in [-0.1, -0.05) is 0 Å². The van der Waals surface area contributed by atoms with Gasteiger partial charge in [0.05, 0.1) is 18.3 Å². The summed E-state index contributed by atoms with van der Waals surface area (Å²) < 4.78 is 12.8. The van der Waals surface area contributed by atoms with E-state index in [0.717, 1.165) is 11.7 Å². The molecule has 0 saturated carbocycles. The molecular formula is C11H20N4O3S. The van der Waals surface area contributed by atoms with E-state index >= 15 is 0 Å². The van der Waals surface area contributed by atoms with Gasteiger partial charge in [-0.05, 0) is 20.8 Å². The maximum atomic E-state index is 11.5. The Morgan fingerprint density at radius 3 is 2.89 bits per heavy atom. The molecule has 1 rings (SSSR count). The Morgan fingerprint density at radius 1 is 1.58 bits per heavy atom. The van der Waals surface area contributed by atoms with E-state index in [4.69, 9.17) is 4.74 Å². The van der Waals surface area contributed by atoms with Crippen LogP contribution in [0.2, 0.25) is 0 Å². The molecule has 0 aliphatic rings. The lowest BCUT2D eigenvalue weighted by Crippen LogP contribution is -2.46. The van der Waals surface area contributed by atoms with Crippen molar-refractivity contribution in [3.63, 3.8) is 0 Å². The van der Waals surface area contributed by atoms with Gasteiger partial charge in [0.2, 0.25) is 11.8 Å². The third kappa shape index (κ3) is 7.70. The lowest BCUT2D eigenvalue weighted by molar-refractivity contribution is -0.121. The lowest BCUT2D eigenvalue weighted by Gasteiger charge is -2.20. The Bertz CT molecular complexity index is 378. The monoisotopic (exact) mass is 288 g/mol. The van der Waals surface area contributed by atoms with Crippen LogP contribution in [0.3, 0.4) is 0 Å². The fraction of sp³-hybridized carbons (Fsp3) is 0.727. The van der Waals surface area contributed by atoms with Gasteiger partial charge in [0.15, 0.2) is 0 Å². The molecule has 1 heterocycles. The quantitative estimate of drug-likeness (QED) is 0.642. The second-order valence-electron chi connectivity index (χ2n) is 5.14. The first-order chi connectivity index (χ1) is 8.87. The number of nitrogens with one attached hydrogen (secondary N) is 2. The van der Waals surface area contributed by atoms with Crippen molar-refractivity contribution in [1.82, 2.24) is 19.4 Å². The van der Waals surface area contributed by atoms with E-state index in [1.54, 1.807) is 0 Å². The van der Waals surface area contributed by atoms with Crippen LogP contribution in [0.1, 0.15) is 20.8 Å². The van der Waals surface area contributed by atoms with E-state index in [9.17, 15) is 9.90 Å². The topological polar surface area (TPSA) is 96.4 Å². The molecule has 1 amide bonds. The minimum Gasteiger partial charge on any atom is -0.473 e. The van der Waals surface area contributed by atoms with E-state index in [-0.39, 0.29) is 31.1 Å². The summed E-state index contributed by atoms with van der Waals surface area (Å²) in [6, 6.07) is 0. The number of carbonyl (C=O) groups is 1. The summed E-state index contributed by atoms with van der Waals surface area (Å²) in [5.41, 5.74) is -0.252. The standard InChI is InChI=1S/C11H20N4O3S/c1-11(2,3)14-9(17)5-12-4-8(16)7-18-10-6-13-19-15-10/h6,8,12,16H,4-5,7H2,1-3H3,(H,14,17). The maximum absolute atomic E-state index is 11.5. The molecule has 19 heavy (non-hydrogen) atoms. The van der Waals surface area contributed by atoms with Crippen molar-refractivity contribution >= 4 is 17.6 Å². The first kappa shape index (κ1) is 15.8. The van der Waals surface area contributed by atoms with Crippen LogP contribution in [0.5, 0.6) is 5.88 Å². The molecule has 0 spiro atoms. The Kier molecular flexibility index (Phi) is 6.13. The smallest absolute Gasteiger partial charge is 0.245 e. The normalized spacial score (nSPS) is 13.1. The number of amides is 1. The molecule has 108 valence electrons. The van der Waals surface area contributed by atoms with Gasteiger partial charge in [0.25, 0.3) is 0 Å². The molecule has 7 nitrogen and oxygen atoms in total. The van der Waals surface area contributed by atoms with Crippen LogP contribution >= 0.6 is 11.7 Å². The minimum atomic E-state index is -0.705. The average molecular weight is 288 g/mol. The first-order valence-electron chi connectivity index (χ1n) is 5.97. The molecule has 0 aliphatic carbocycles. The van der Waals surface area contributed by atoms with Gasteiger partial charge >= 0.3 is 0 Å². The highest BCUT2D eigenvalue weighted by Crippen LogP contribution is 2.05. The number of hydrogen-bond acceptors (Lipinski definition) is 7. The van der Waals surface area contributed by atoms with Crippen molar-refractivity contribution in [2.45, 2.75) is 32.4 Å². The van der Waals surface area contributed by atoms with E-state index < -0.39 is 6.10 Å². The van der Waals surface area contributed by atoms with Crippen molar-refractivity contribution < 1.29 is 14.6 Å². The highest BCUT2D eigenvalue weighted by Gasteiger charge is 2.13. The van der Waals surface area contributed by atoms with Gasteiger partial charge in [-0.25, -0.2) is 0 Å².